The van der Waals surface area contributed by atoms with Crippen molar-refractivity contribution in [3.05, 3.63) is 35.0 Å². The number of carbonyl (C=O) groups excluding carboxylic acids is 1. The van der Waals surface area contributed by atoms with Gasteiger partial charge >= 0.3 is 0 Å². The van der Waals surface area contributed by atoms with Crippen molar-refractivity contribution in [3.8, 4) is 0 Å². The second kappa shape index (κ2) is 7.71. The van der Waals surface area contributed by atoms with Crippen LogP contribution in [0.1, 0.15) is 16.1 Å². The molecule has 0 spiro atoms. The van der Waals surface area contributed by atoms with Gasteiger partial charge in [0.05, 0.1) is 11.5 Å². The molecule has 20 heavy (non-hydrogen) atoms. The molecule has 1 amide bonds. The molecule has 1 aromatic carbocycles. The number of hydrogen-bond acceptors (Lipinski definition) is 3. The fraction of sp³-hybridized carbons (Fsp3) is 0.357. The number of benzene rings is 1. The topological polar surface area (TPSA) is 38.3 Å². The number of ether oxygens (including phenoxy) is 1. The fourth-order valence-electron chi connectivity index (χ4n) is 1.74. The molecule has 1 aromatic heterocycles. The number of hydrogen-bond donors (Lipinski definition) is 1. The lowest BCUT2D eigenvalue weighted by Gasteiger charge is -2.03. The Morgan fingerprint density at radius 1 is 1.35 bits per heavy atom. The second-order valence-electron chi connectivity index (χ2n) is 4.20. The van der Waals surface area contributed by atoms with Crippen LogP contribution in [0.25, 0.3) is 10.1 Å². The average molecular weight is 360 g/mol. The van der Waals surface area contributed by atoms with E-state index in [4.69, 9.17) is 4.74 Å². The Bertz CT molecular complexity index is 588. The third kappa shape index (κ3) is 4.26. The van der Waals surface area contributed by atoms with E-state index in [2.05, 4.69) is 21.2 Å². The molecule has 0 aliphatic heterocycles. The first kappa shape index (κ1) is 15.4. The van der Waals surface area contributed by atoms with Gasteiger partial charge in [0.1, 0.15) is 5.82 Å². The maximum Gasteiger partial charge on any atom is 0.261 e. The van der Waals surface area contributed by atoms with Gasteiger partial charge in [-0.1, -0.05) is 22.0 Å². The van der Waals surface area contributed by atoms with E-state index in [1.54, 1.807) is 12.1 Å². The molecule has 3 nitrogen and oxygen atoms in total. The van der Waals surface area contributed by atoms with Crippen molar-refractivity contribution >= 4 is 43.3 Å². The van der Waals surface area contributed by atoms with Crippen molar-refractivity contribution in [3.63, 3.8) is 0 Å². The molecule has 1 N–H and O–H groups in total. The SMILES string of the molecule is O=C(NCCCOCCBr)c1cc2ccc(F)cc2s1. The van der Waals surface area contributed by atoms with Crippen LogP contribution in [-0.2, 0) is 4.74 Å². The quantitative estimate of drug-likeness (QED) is 0.606. The van der Waals surface area contributed by atoms with Crippen molar-refractivity contribution in [1.82, 2.24) is 5.32 Å². The number of amides is 1. The number of carbonyl (C=O) groups is 1. The van der Waals surface area contributed by atoms with E-state index in [-0.39, 0.29) is 11.7 Å². The monoisotopic (exact) mass is 359 g/mol. The first-order valence-electron chi connectivity index (χ1n) is 6.31. The summed E-state index contributed by atoms with van der Waals surface area (Å²) in [7, 11) is 0. The Morgan fingerprint density at radius 3 is 3.00 bits per heavy atom. The number of fused-ring (bicyclic) bond motifs is 1. The molecule has 0 bridgehead atoms. The second-order valence-corrected chi connectivity index (χ2v) is 6.08. The molecule has 2 rings (SSSR count). The highest BCUT2D eigenvalue weighted by molar-refractivity contribution is 9.09. The molecule has 2 aromatic rings. The van der Waals surface area contributed by atoms with Crippen LogP contribution in [-0.4, -0.2) is 31.0 Å². The van der Waals surface area contributed by atoms with Gasteiger partial charge in [-0.25, -0.2) is 4.39 Å². The van der Waals surface area contributed by atoms with Crippen molar-refractivity contribution in [2.45, 2.75) is 6.42 Å². The van der Waals surface area contributed by atoms with Gasteiger partial charge in [0.2, 0.25) is 0 Å². The summed E-state index contributed by atoms with van der Waals surface area (Å²) in [5.41, 5.74) is 0. The number of thiophene rings is 1. The van der Waals surface area contributed by atoms with E-state index in [1.807, 2.05) is 0 Å². The van der Waals surface area contributed by atoms with Crippen LogP contribution in [0.3, 0.4) is 0 Å². The van der Waals surface area contributed by atoms with E-state index < -0.39 is 0 Å². The molecule has 0 saturated heterocycles. The smallest absolute Gasteiger partial charge is 0.261 e. The molecule has 0 saturated carbocycles. The minimum Gasteiger partial charge on any atom is -0.381 e. The highest BCUT2D eigenvalue weighted by atomic mass is 79.9. The largest absolute Gasteiger partial charge is 0.381 e. The molecular weight excluding hydrogens is 345 g/mol. The van der Waals surface area contributed by atoms with Crippen LogP contribution >= 0.6 is 27.3 Å². The Morgan fingerprint density at radius 2 is 2.20 bits per heavy atom. The molecule has 0 fully saturated rings. The maximum atomic E-state index is 13.1. The Labute approximate surface area is 129 Å². The average Bonchev–Trinajstić information content (AvgIpc) is 2.85. The number of rotatable bonds is 7. The molecule has 0 unspecified atom stereocenters. The summed E-state index contributed by atoms with van der Waals surface area (Å²) < 4.78 is 19.2. The summed E-state index contributed by atoms with van der Waals surface area (Å²) in [5, 5.41) is 4.55. The first-order valence-corrected chi connectivity index (χ1v) is 8.25. The highest BCUT2D eigenvalue weighted by Gasteiger charge is 2.10. The third-order valence-corrected chi connectivity index (χ3v) is 4.10. The lowest BCUT2D eigenvalue weighted by Crippen LogP contribution is -2.24. The van der Waals surface area contributed by atoms with Gasteiger partial charge < -0.3 is 10.1 Å². The van der Waals surface area contributed by atoms with Gasteiger partial charge in [0.25, 0.3) is 5.91 Å². The number of nitrogens with one attached hydrogen (secondary N) is 1. The summed E-state index contributed by atoms with van der Waals surface area (Å²) in [6.45, 7) is 1.88. The standard InChI is InChI=1S/C14H15BrFNO2S/c15-4-7-19-6-1-5-17-14(18)13-8-10-2-3-11(16)9-12(10)20-13/h2-3,8-9H,1,4-7H2,(H,17,18). The molecule has 0 aliphatic carbocycles. The Balaban J connectivity index is 1.85. The van der Waals surface area contributed by atoms with Crippen molar-refractivity contribution in [2.24, 2.45) is 0 Å². The van der Waals surface area contributed by atoms with E-state index in [1.165, 1.54) is 23.5 Å². The Hall–Kier alpha value is -0.980. The van der Waals surface area contributed by atoms with E-state index in [0.29, 0.717) is 24.6 Å². The van der Waals surface area contributed by atoms with E-state index in [0.717, 1.165) is 21.8 Å². The zero-order chi connectivity index (χ0) is 14.4. The van der Waals surface area contributed by atoms with Crippen LogP contribution in [0.4, 0.5) is 4.39 Å². The van der Waals surface area contributed by atoms with Gasteiger partial charge in [-0.05, 0) is 30.0 Å². The number of alkyl halides is 1. The molecule has 6 heteroatoms. The summed E-state index contributed by atoms with van der Waals surface area (Å²) in [5.74, 6) is -0.401. The summed E-state index contributed by atoms with van der Waals surface area (Å²) >= 11 is 4.58. The van der Waals surface area contributed by atoms with Crippen molar-refractivity contribution in [1.29, 1.82) is 0 Å². The zero-order valence-electron chi connectivity index (χ0n) is 10.8. The Kier molecular flexibility index (Phi) is 5.94. The van der Waals surface area contributed by atoms with Gasteiger partial charge in [-0.15, -0.1) is 11.3 Å². The molecule has 0 radical (unpaired) electrons. The predicted octanol–water partition coefficient (Wildman–Crippen LogP) is 3.57. The predicted molar refractivity (Wildman–Crippen MR) is 83.3 cm³/mol. The van der Waals surface area contributed by atoms with Gasteiger partial charge in [-0.3, -0.25) is 4.79 Å². The minimum atomic E-state index is -0.282. The van der Waals surface area contributed by atoms with Gasteiger partial charge in [-0.2, -0.15) is 0 Å². The number of halogens is 2. The molecule has 1 heterocycles. The normalized spacial score (nSPS) is 10.9. The molecule has 108 valence electrons. The van der Waals surface area contributed by atoms with E-state index >= 15 is 0 Å². The summed E-state index contributed by atoms with van der Waals surface area (Å²) in [6.07, 6.45) is 0.776. The first-order chi connectivity index (χ1) is 9.70. The van der Waals surface area contributed by atoms with Crippen molar-refractivity contribution < 1.29 is 13.9 Å². The molecular formula is C14H15BrFNO2S. The van der Waals surface area contributed by atoms with Crippen LogP contribution in [0, 0.1) is 5.82 Å². The highest BCUT2D eigenvalue weighted by Crippen LogP contribution is 2.26. The van der Waals surface area contributed by atoms with Crippen LogP contribution in [0.5, 0.6) is 0 Å². The fourth-order valence-corrected chi connectivity index (χ4v) is 2.97. The van der Waals surface area contributed by atoms with Crippen LogP contribution in [0.2, 0.25) is 0 Å². The maximum absolute atomic E-state index is 13.1. The van der Waals surface area contributed by atoms with Crippen LogP contribution in [0.15, 0.2) is 24.3 Å². The molecule has 0 aliphatic rings. The third-order valence-electron chi connectivity index (χ3n) is 2.68. The van der Waals surface area contributed by atoms with Crippen molar-refractivity contribution in [2.75, 3.05) is 25.1 Å². The van der Waals surface area contributed by atoms with Gasteiger partial charge in [0.15, 0.2) is 0 Å². The molecule has 0 atom stereocenters. The van der Waals surface area contributed by atoms with E-state index in [9.17, 15) is 9.18 Å². The summed E-state index contributed by atoms with van der Waals surface area (Å²) in [6, 6.07) is 6.32. The lowest BCUT2D eigenvalue weighted by molar-refractivity contribution is 0.0949. The lowest BCUT2D eigenvalue weighted by atomic mass is 10.2. The zero-order valence-corrected chi connectivity index (χ0v) is 13.2. The minimum absolute atomic E-state index is 0.118. The summed E-state index contributed by atoms with van der Waals surface area (Å²) in [4.78, 5) is 12.5. The van der Waals surface area contributed by atoms with Gasteiger partial charge in [0, 0.05) is 23.2 Å². The van der Waals surface area contributed by atoms with Crippen LogP contribution < -0.4 is 5.32 Å².